The van der Waals surface area contributed by atoms with Gasteiger partial charge in [-0.2, -0.15) is 4.98 Å². The summed E-state index contributed by atoms with van der Waals surface area (Å²) in [6.45, 7) is 0. The van der Waals surface area contributed by atoms with Crippen molar-refractivity contribution in [3.05, 3.63) is 60.3 Å². The van der Waals surface area contributed by atoms with Gasteiger partial charge in [-0.05, 0) is 36.6 Å². The predicted molar refractivity (Wildman–Crippen MR) is 91.1 cm³/mol. The molecule has 2 N–H and O–H groups in total. The summed E-state index contributed by atoms with van der Waals surface area (Å²) in [7, 11) is 0. The minimum Gasteiger partial charge on any atom is -0.335 e. The van der Waals surface area contributed by atoms with E-state index in [1.807, 2.05) is 47.2 Å². The summed E-state index contributed by atoms with van der Waals surface area (Å²) >= 11 is 0. The summed E-state index contributed by atoms with van der Waals surface area (Å²) < 4.78 is 7.26. The molecule has 0 atom stereocenters. The number of imidazole rings is 1. The molecule has 24 heavy (non-hydrogen) atoms. The van der Waals surface area contributed by atoms with Crippen LogP contribution in [0.1, 0.15) is 43.0 Å². The SMILES string of the molecule is NC1(c2noc(/C=C/c3ccc(-n4ccnc4)cc3)n2)CCCC1. The van der Waals surface area contributed by atoms with Crippen molar-refractivity contribution < 1.29 is 4.52 Å². The summed E-state index contributed by atoms with van der Waals surface area (Å²) in [5, 5.41) is 4.06. The largest absolute Gasteiger partial charge is 0.335 e. The molecule has 6 nitrogen and oxygen atoms in total. The fourth-order valence-corrected chi connectivity index (χ4v) is 3.07. The molecule has 0 spiro atoms. The van der Waals surface area contributed by atoms with Gasteiger partial charge in [-0.1, -0.05) is 30.1 Å². The normalized spacial score (nSPS) is 16.9. The van der Waals surface area contributed by atoms with Gasteiger partial charge in [-0.25, -0.2) is 4.98 Å². The number of nitrogens with zero attached hydrogens (tertiary/aromatic N) is 4. The van der Waals surface area contributed by atoms with Crippen molar-refractivity contribution >= 4 is 12.2 Å². The predicted octanol–water partition coefficient (Wildman–Crippen LogP) is 3.15. The van der Waals surface area contributed by atoms with Crippen LogP contribution in [0, 0.1) is 0 Å². The molecule has 1 aliphatic carbocycles. The molecule has 1 saturated carbocycles. The first-order valence-corrected chi connectivity index (χ1v) is 8.13. The summed E-state index contributed by atoms with van der Waals surface area (Å²) in [4.78, 5) is 8.48. The van der Waals surface area contributed by atoms with E-state index in [9.17, 15) is 0 Å². The topological polar surface area (TPSA) is 82.8 Å². The maximum atomic E-state index is 6.35. The van der Waals surface area contributed by atoms with Crippen molar-refractivity contribution in [1.82, 2.24) is 19.7 Å². The van der Waals surface area contributed by atoms with E-state index in [2.05, 4.69) is 15.1 Å². The van der Waals surface area contributed by atoms with Crippen LogP contribution in [0.25, 0.3) is 17.8 Å². The Balaban J connectivity index is 1.48. The molecule has 0 bridgehead atoms. The maximum absolute atomic E-state index is 6.35. The van der Waals surface area contributed by atoms with Gasteiger partial charge in [0, 0.05) is 24.2 Å². The highest BCUT2D eigenvalue weighted by Gasteiger charge is 2.35. The Morgan fingerprint density at radius 3 is 2.62 bits per heavy atom. The van der Waals surface area contributed by atoms with Crippen molar-refractivity contribution in [2.75, 3.05) is 0 Å². The summed E-state index contributed by atoms with van der Waals surface area (Å²) in [6.07, 6.45) is 13.3. The average Bonchev–Trinajstić information content (AvgIpc) is 3.35. The van der Waals surface area contributed by atoms with Crippen LogP contribution in [-0.4, -0.2) is 19.7 Å². The molecular formula is C18H19N5O. The second kappa shape index (κ2) is 6.05. The zero-order valence-corrected chi connectivity index (χ0v) is 13.3. The van der Waals surface area contributed by atoms with Crippen molar-refractivity contribution in [3.8, 4) is 5.69 Å². The lowest BCUT2D eigenvalue weighted by Gasteiger charge is -2.17. The zero-order chi connectivity index (χ0) is 16.4. The van der Waals surface area contributed by atoms with E-state index >= 15 is 0 Å². The van der Waals surface area contributed by atoms with Crippen molar-refractivity contribution in [3.63, 3.8) is 0 Å². The van der Waals surface area contributed by atoms with Crippen LogP contribution >= 0.6 is 0 Å². The highest BCUT2D eigenvalue weighted by Crippen LogP contribution is 2.34. The monoisotopic (exact) mass is 321 g/mol. The van der Waals surface area contributed by atoms with E-state index in [4.69, 9.17) is 10.3 Å². The van der Waals surface area contributed by atoms with Crippen molar-refractivity contribution in [1.29, 1.82) is 0 Å². The first kappa shape index (κ1) is 14.8. The van der Waals surface area contributed by atoms with Crippen molar-refractivity contribution in [2.24, 2.45) is 5.73 Å². The first-order chi connectivity index (χ1) is 11.7. The van der Waals surface area contributed by atoms with E-state index in [0.717, 1.165) is 36.9 Å². The fraction of sp³-hybridized carbons (Fsp3) is 0.278. The van der Waals surface area contributed by atoms with Gasteiger partial charge in [0.05, 0.1) is 11.9 Å². The summed E-state index contributed by atoms with van der Waals surface area (Å²) in [6, 6.07) is 8.14. The van der Waals surface area contributed by atoms with Gasteiger partial charge in [-0.15, -0.1) is 0 Å². The molecule has 0 saturated heterocycles. The van der Waals surface area contributed by atoms with Crippen LogP contribution in [-0.2, 0) is 5.54 Å². The minimum atomic E-state index is -0.415. The molecule has 1 aliphatic rings. The Morgan fingerprint density at radius 2 is 1.92 bits per heavy atom. The molecule has 0 aliphatic heterocycles. The third kappa shape index (κ3) is 2.88. The zero-order valence-electron chi connectivity index (χ0n) is 13.3. The Morgan fingerprint density at radius 1 is 1.12 bits per heavy atom. The van der Waals surface area contributed by atoms with Gasteiger partial charge in [0.25, 0.3) is 5.89 Å². The second-order valence-corrected chi connectivity index (χ2v) is 6.21. The summed E-state index contributed by atoms with van der Waals surface area (Å²) in [5.41, 5.74) is 8.06. The molecule has 6 heteroatoms. The molecular weight excluding hydrogens is 302 g/mol. The Labute approximate surface area is 140 Å². The number of hydrogen-bond donors (Lipinski definition) is 1. The lowest BCUT2D eigenvalue weighted by atomic mass is 9.99. The quantitative estimate of drug-likeness (QED) is 0.798. The van der Waals surface area contributed by atoms with E-state index < -0.39 is 5.54 Å². The number of hydrogen-bond acceptors (Lipinski definition) is 5. The van der Waals surface area contributed by atoms with Gasteiger partial charge >= 0.3 is 0 Å². The van der Waals surface area contributed by atoms with Crippen LogP contribution in [0.5, 0.6) is 0 Å². The Kier molecular flexibility index (Phi) is 3.74. The second-order valence-electron chi connectivity index (χ2n) is 6.21. The highest BCUT2D eigenvalue weighted by molar-refractivity contribution is 5.66. The smallest absolute Gasteiger partial charge is 0.250 e. The third-order valence-electron chi connectivity index (χ3n) is 4.50. The molecule has 2 aromatic heterocycles. The Hall–Kier alpha value is -2.73. The van der Waals surface area contributed by atoms with E-state index in [1.165, 1.54) is 0 Å². The number of aromatic nitrogens is 4. The molecule has 2 heterocycles. The number of benzene rings is 1. The van der Waals surface area contributed by atoms with Crippen molar-refractivity contribution in [2.45, 2.75) is 31.2 Å². The molecule has 0 radical (unpaired) electrons. The van der Waals surface area contributed by atoms with E-state index in [0.29, 0.717) is 11.7 Å². The van der Waals surface area contributed by atoms with Crippen LogP contribution < -0.4 is 5.73 Å². The average molecular weight is 321 g/mol. The third-order valence-corrected chi connectivity index (χ3v) is 4.50. The molecule has 3 aromatic rings. The van der Waals surface area contributed by atoms with Gasteiger partial charge in [0.15, 0.2) is 5.82 Å². The first-order valence-electron chi connectivity index (χ1n) is 8.13. The molecule has 4 rings (SSSR count). The van der Waals surface area contributed by atoms with E-state index in [1.54, 1.807) is 12.5 Å². The molecule has 0 unspecified atom stereocenters. The Bertz CT molecular complexity index is 827. The lowest BCUT2D eigenvalue weighted by Crippen LogP contribution is -2.34. The molecule has 1 aromatic carbocycles. The van der Waals surface area contributed by atoms with Crippen LogP contribution in [0.15, 0.2) is 47.5 Å². The van der Waals surface area contributed by atoms with Crippen LogP contribution in [0.2, 0.25) is 0 Å². The molecule has 0 amide bonds. The maximum Gasteiger partial charge on any atom is 0.250 e. The van der Waals surface area contributed by atoms with Gasteiger partial charge in [0.1, 0.15) is 0 Å². The molecule has 122 valence electrons. The van der Waals surface area contributed by atoms with E-state index in [-0.39, 0.29) is 0 Å². The van der Waals surface area contributed by atoms with Gasteiger partial charge in [-0.3, -0.25) is 0 Å². The van der Waals surface area contributed by atoms with Gasteiger partial charge in [0.2, 0.25) is 0 Å². The van der Waals surface area contributed by atoms with Crippen LogP contribution in [0.4, 0.5) is 0 Å². The lowest BCUT2D eigenvalue weighted by molar-refractivity contribution is 0.364. The molecule has 1 fully saturated rings. The van der Waals surface area contributed by atoms with Gasteiger partial charge < -0.3 is 14.8 Å². The number of nitrogens with two attached hydrogens (primary N) is 1. The van der Waals surface area contributed by atoms with Crippen LogP contribution in [0.3, 0.4) is 0 Å². The highest BCUT2D eigenvalue weighted by atomic mass is 16.5. The fourth-order valence-electron chi connectivity index (χ4n) is 3.07. The number of rotatable bonds is 4. The minimum absolute atomic E-state index is 0.415. The summed E-state index contributed by atoms with van der Waals surface area (Å²) in [5.74, 6) is 1.11. The standard InChI is InChI=1S/C18H19N5O/c19-18(9-1-2-10-18)17-21-16(24-22-17)8-5-14-3-6-15(7-4-14)23-12-11-20-13-23/h3-8,11-13H,1-2,9-10,19H2/b8-5+.